The first-order valence-electron chi connectivity index (χ1n) is 4.61. The van der Waals surface area contributed by atoms with E-state index in [2.05, 4.69) is 0 Å². The molecule has 0 aliphatic heterocycles. The largest absolute Gasteiger partial charge is 0.321 e. The van der Waals surface area contributed by atoms with Crippen molar-refractivity contribution in [2.24, 2.45) is 5.73 Å². The highest BCUT2D eigenvalue weighted by Gasteiger charge is 2.18. The van der Waals surface area contributed by atoms with E-state index in [0.717, 1.165) is 0 Å². The number of benzene rings is 1. The Kier molecular flexibility index (Phi) is 3.47. The molecule has 0 saturated carbocycles. The monoisotopic (exact) mass is 229 g/mol. The fourth-order valence-electron chi connectivity index (χ4n) is 1.35. The summed E-state index contributed by atoms with van der Waals surface area (Å²) in [7, 11) is 0. The molecule has 1 aromatic carbocycles. The summed E-state index contributed by atoms with van der Waals surface area (Å²) in [4.78, 5) is 11.6. The molecule has 0 bridgehead atoms. The topological polar surface area (TPSA) is 43.1 Å². The van der Waals surface area contributed by atoms with Crippen LogP contribution in [-0.4, -0.2) is 11.8 Å². The van der Waals surface area contributed by atoms with E-state index < -0.39 is 11.9 Å². The maximum atomic E-state index is 13.4. The van der Waals surface area contributed by atoms with Crippen LogP contribution in [-0.2, 0) is 0 Å². The summed E-state index contributed by atoms with van der Waals surface area (Å²) in [5.41, 5.74) is 6.66. The van der Waals surface area contributed by atoms with Crippen molar-refractivity contribution in [3.8, 4) is 0 Å². The van der Waals surface area contributed by atoms with E-state index in [1.807, 2.05) is 0 Å². The molecule has 0 fully saturated rings. The minimum absolute atomic E-state index is 0.262. The Morgan fingerprint density at radius 3 is 2.47 bits per heavy atom. The summed E-state index contributed by atoms with van der Waals surface area (Å²) in [5.74, 6) is -0.775. The molecule has 0 amide bonds. The fourth-order valence-corrected chi connectivity index (χ4v) is 1.54. The second-order valence-corrected chi connectivity index (χ2v) is 4.00. The molecule has 0 aromatic heterocycles. The minimum Gasteiger partial charge on any atom is -0.321 e. The number of hydrogen-bond donors (Lipinski definition) is 1. The molecule has 4 heteroatoms. The fraction of sp³-hybridized carbons (Fsp3) is 0.364. The van der Waals surface area contributed by atoms with Gasteiger partial charge in [-0.25, -0.2) is 4.39 Å². The van der Waals surface area contributed by atoms with E-state index in [1.165, 1.54) is 6.07 Å². The lowest BCUT2D eigenvalue weighted by Gasteiger charge is -2.11. The van der Waals surface area contributed by atoms with Crippen molar-refractivity contribution in [3.63, 3.8) is 0 Å². The lowest BCUT2D eigenvalue weighted by molar-refractivity contribution is 0.0967. The van der Waals surface area contributed by atoms with Crippen LogP contribution in [0.5, 0.6) is 0 Å². The first-order valence-corrected chi connectivity index (χ1v) is 4.99. The van der Waals surface area contributed by atoms with Crippen LogP contribution in [0, 0.1) is 19.7 Å². The van der Waals surface area contributed by atoms with Gasteiger partial charge in [-0.1, -0.05) is 11.6 Å². The predicted octanol–water partition coefficient (Wildman–Crippen LogP) is 2.63. The van der Waals surface area contributed by atoms with Crippen molar-refractivity contribution in [2.75, 3.05) is 0 Å². The molecule has 1 atom stereocenters. The summed E-state index contributed by atoms with van der Waals surface area (Å²) in [6, 6.07) is 0.546. The zero-order valence-electron chi connectivity index (χ0n) is 8.90. The molecular formula is C11H13ClFNO. The summed E-state index contributed by atoms with van der Waals surface area (Å²) in [6.07, 6.45) is 0. The molecule has 1 aromatic rings. The van der Waals surface area contributed by atoms with Gasteiger partial charge in [0, 0.05) is 11.1 Å². The third kappa shape index (κ3) is 2.19. The molecule has 0 aliphatic rings. The van der Waals surface area contributed by atoms with E-state index in [9.17, 15) is 9.18 Å². The van der Waals surface area contributed by atoms with Gasteiger partial charge in [0.2, 0.25) is 0 Å². The number of hydrogen-bond acceptors (Lipinski definition) is 2. The molecule has 0 spiro atoms. The quantitative estimate of drug-likeness (QED) is 0.793. The summed E-state index contributed by atoms with van der Waals surface area (Å²) in [5, 5.41) is 0.291. The lowest BCUT2D eigenvalue weighted by atomic mass is 9.98. The van der Waals surface area contributed by atoms with Gasteiger partial charge in [-0.15, -0.1) is 0 Å². The normalized spacial score (nSPS) is 12.7. The summed E-state index contributed by atoms with van der Waals surface area (Å²) < 4.78 is 13.4. The molecular weight excluding hydrogens is 217 g/mol. The number of carbonyl (C=O) groups excluding carboxylic acids is 1. The molecule has 0 heterocycles. The molecule has 1 unspecified atom stereocenters. The SMILES string of the molecule is Cc1c(F)cc(C(=O)C(C)N)c(C)c1Cl. The smallest absolute Gasteiger partial charge is 0.179 e. The molecule has 82 valence electrons. The van der Waals surface area contributed by atoms with Crippen LogP contribution in [0.1, 0.15) is 28.4 Å². The van der Waals surface area contributed by atoms with Crippen molar-refractivity contribution < 1.29 is 9.18 Å². The van der Waals surface area contributed by atoms with Gasteiger partial charge in [-0.2, -0.15) is 0 Å². The van der Waals surface area contributed by atoms with Gasteiger partial charge in [-0.3, -0.25) is 4.79 Å². The highest BCUT2D eigenvalue weighted by Crippen LogP contribution is 2.26. The number of carbonyl (C=O) groups is 1. The van der Waals surface area contributed by atoms with Crippen LogP contribution in [0.4, 0.5) is 4.39 Å². The van der Waals surface area contributed by atoms with Gasteiger partial charge in [0.1, 0.15) is 5.82 Å². The Morgan fingerprint density at radius 2 is 2.00 bits per heavy atom. The zero-order chi connectivity index (χ0) is 11.7. The number of rotatable bonds is 2. The first kappa shape index (κ1) is 12.1. The third-order valence-corrected chi connectivity index (χ3v) is 2.94. The zero-order valence-corrected chi connectivity index (χ0v) is 9.65. The van der Waals surface area contributed by atoms with Crippen LogP contribution in [0.3, 0.4) is 0 Å². The highest BCUT2D eigenvalue weighted by atomic mass is 35.5. The molecule has 0 saturated heterocycles. The molecule has 1 rings (SSSR count). The van der Waals surface area contributed by atoms with E-state index >= 15 is 0 Å². The number of halogens is 2. The van der Waals surface area contributed by atoms with Crippen molar-refractivity contribution in [1.29, 1.82) is 0 Å². The van der Waals surface area contributed by atoms with Crippen molar-refractivity contribution in [3.05, 3.63) is 33.6 Å². The second kappa shape index (κ2) is 4.29. The molecule has 0 radical (unpaired) electrons. The lowest BCUT2D eigenvalue weighted by Crippen LogP contribution is -2.27. The van der Waals surface area contributed by atoms with E-state index in [0.29, 0.717) is 16.1 Å². The maximum Gasteiger partial charge on any atom is 0.179 e. The number of ketones is 1. The Morgan fingerprint density at radius 1 is 1.47 bits per heavy atom. The van der Waals surface area contributed by atoms with Crippen LogP contribution < -0.4 is 5.73 Å². The maximum absolute atomic E-state index is 13.4. The predicted molar refractivity (Wildman–Crippen MR) is 58.9 cm³/mol. The van der Waals surface area contributed by atoms with E-state index in [-0.39, 0.29) is 11.3 Å². The minimum atomic E-state index is -0.651. The average Bonchev–Trinajstić information content (AvgIpc) is 2.19. The van der Waals surface area contributed by atoms with Crippen LogP contribution in [0.2, 0.25) is 5.02 Å². The van der Waals surface area contributed by atoms with Gasteiger partial charge in [-0.05, 0) is 32.4 Å². The average molecular weight is 230 g/mol. The van der Waals surface area contributed by atoms with Crippen LogP contribution >= 0.6 is 11.6 Å². The van der Waals surface area contributed by atoms with Crippen molar-refractivity contribution in [1.82, 2.24) is 0 Å². The number of nitrogens with two attached hydrogens (primary N) is 1. The number of Topliss-reactive ketones (excluding diaryl/α,β-unsaturated/α-hetero) is 1. The van der Waals surface area contributed by atoms with Gasteiger partial charge < -0.3 is 5.73 Å². The first-order chi connectivity index (χ1) is 6.86. The Labute approximate surface area is 93.2 Å². The van der Waals surface area contributed by atoms with Gasteiger partial charge >= 0.3 is 0 Å². The van der Waals surface area contributed by atoms with E-state index in [4.69, 9.17) is 17.3 Å². The summed E-state index contributed by atoms with van der Waals surface area (Å²) >= 11 is 5.90. The van der Waals surface area contributed by atoms with Crippen LogP contribution in [0.15, 0.2) is 6.07 Å². The van der Waals surface area contributed by atoms with Gasteiger partial charge in [0.25, 0.3) is 0 Å². The van der Waals surface area contributed by atoms with Gasteiger partial charge in [0.05, 0.1) is 11.1 Å². The Bertz CT molecular complexity index is 416. The van der Waals surface area contributed by atoms with E-state index in [1.54, 1.807) is 20.8 Å². The molecule has 15 heavy (non-hydrogen) atoms. The Balaban J connectivity index is 3.39. The van der Waals surface area contributed by atoms with Crippen molar-refractivity contribution >= 4 is 17.4 Å². The standard InChI is InChI=1S/C11H13ClFNO/c1-5-8(11(15)7(3)14)4-9(13)6(2)10(5)12/h4,7H,14H2,1-3H3. The Hall–Kier alpha value is -0.930. The third-order valence-electron chi connectivity index (χ3n) is 2.37. The van der Waals surface area contributed by atoms with Crippen molar-refractivity contribution in [2.45, 2.75) is 26.8 Å². The summed E-state index contributed by atoms with van der Waals surface area (Å²) in [6.45, 7) is 4.82. The molecule has 0 aliphatic carbocycles. The highest BCUT2D eigenvalue weighted by molar-refractivity contribution is 6.32. The molecule has 2 nitrogen and oxygen atoms in total. The van der Waals surface area contributed by atoms with Gasteiger partial charge in [0.15, 0.2) is 5.78 Å². The molecule has 2 N–H and O–H groups in total. The van der Waals surface area contributed by atoms with Crippen LogP contribution in [0.25, 0.3) is 0 Å². The second-order valence-electron chi connectivity index (χ2n) is 3.62.